The largest absolute Gasteiger partial charge is 0.380 e. The number of nitrogens with two attached hydrogens (primary N) is 1. The molecule has 2 N–H and O–H groups in total. The quantitative estimate of drug-likeness (QED) is 0.703. The number of rotatable bonds is 7. The van der Waals surface area contributed by atoms with Crippen LogP contribution < -0.4 is 5.73 Å². The second kappa shape index (κ2) is 10.4. The number of ether oxygens (including phenoxy) is 1. The van der Waals surface area contributed by atoms with Crippen molar-refractivity contribution < 1.29 is 9.53 Å². The number of carbonyl (C=O) groups is 1. The van der Waals surface area contributed by atoms with Crippen molar-refractivity contribution in [3.8, 4) is 0 Å². The first-order valence-corrected chi connectivity index (χ1v) is 7.02. The van der Waals surface area contributed by atoms with E-state index in [9.17, 15) is 4.79 Å². The Morgan fingerprint density at radius 2 is 2.11 bits per heavy atom. The van der Waals surface area contributed by atoms with Gasteiger partial charge in [-0.25, -0.2) is 0 Å². The summed E-state index contributed by atoms with van der Waals surface area (Å²) in [7, 11) is 0. The fourth-order valence-electron chi connectivity index (χ4n) is 2.41. The standard InChI is InChI=1S/C13H27N3O2.ClH/c1-3-12-11-16(13(17)5-6-14)8-7-15(12)9-10-18-4-2;/h12H,3-11,14H2,1-2H3;1H. The molecule has 0 bridgehead atoms. The Morgan fingerprint density at radius 3 is 2.68 bits per heavy atom. The molecule has 1 aliphatic heterocycles. The Balaban J connectivity index is 0.00000324. The molecule has 1 atom stereocenters. The van der Waals surface area contributed by atoms with Gasteiger partial charge >= 0.3 is 0 Å². The highest BCUT2D eigenvalue weighted by atomic mass is 35.5. The lowest BCUT2D eigenvalue weighted by molar-refractivity contribution is -0.134. The highest BCUT2D eigenvalue weighted by Crippen LogP contribution is 2.13. The Hall–Kier alpha value is -0.360. The molecule has 1 fully saturated rings. The van der Waals surface area contributed by atoms with Crippen LogP contribution in [0, 0.1) is 0 Å². The third-order valence-electron chi connectivity index (χ3n) is 3.51. The van der Waals surface area contributed by atoms with Crippen molar-refractivity contribution in [3.05, 3.63) is 0 Å². The molecule has 1 unspecified atom stereocenters. The van der Waals surface area contributed by atoms with Gasteiger partial charge < -0.3 is 15.4 Å². The summed E-state index contributed by atoms with van der Waals surface area (Å²) in [5.41, 5.74) is 5.44. The molecular formula is C13H28ClN3O2. The predicted octanol–water partition coefficient (Wildman–Crippen LogP) is 0.716. The number of piperazine rings is 1. The first-order chi connectivity index (χ1) is 8.72. The molecular weight excluding hydrogens is 266 g/mol. The minimum Gasteiger partial charge on any atom is -0.380 e. The van der Waals surface area contributed by atoms with Gasteiger partial charge in [0.2, 0.25) is 5.91 Å². The minimum atomic E-state index is 0. The summed E-state index contributed by atoms with van der Waals surface area (Å²) in [5.74, 6) is 0.195. The lowest BCUT2D eigenvalue weighted by Crippen LogP contribution is -2.55. The van der Waals surface area contributed by atoms with Crippen molar-refractivity contribution in [3.63, 3.8) is 0 Å². The van der Waals surface area contributed by atoms with Crippen LogP contribution in [0.3, 0.4) is 0 Å². The van der Waals surface area contributed by atoms with E-state index < -0.39 is 0 Å². The number of halogens is 1. The number of carbonyl (C=O) groups excluding carboxylic acids is 1. The van der Waals surface area contributed by atoms with Gasteiger partial charge in [-0.15, -0.1) is 12.4 Å². The molecule has 6 heteroatoms. The van der Waals surface area contributed by atoms with Crippen LogP contribution in [0.2, 0.25) is 0 Å². The molecule has 0 radical (unpaired) electrons. The predicted molar refractivity (Wildman–Crippen MR) is 79.6 cm³/mol. The van der Waals surface area contributed by atoms with E-state index in [1.54, 1.807) is 0 Å². The highest BCUT2D eigenvalue weighted by molar-refractivity contribution is 5.85. The normalized spacial score (nSPS) is 20.2. The first kappa shape index (κ1) is 18.6. The van der Waals surface area contributed by atoms with Gasteiger partial charge in [-0.05, 0) is 13.3 Å². The van der Waals surface area contributed by atoms with E-state index >= 15 is 0 Å². The molecule has 5 nitrogen and oxygen atoms in total. The molecule has 1 aliphatic rings. The summed E-state index contributed by atoms with van der Waals surface area (Å²) in [5, 5.41) is 0. The molecule has 1 amide bonds. The van der Waals surface area contributed by atoms with Gasteiger partial charge in [-0.3, -0.25) is 9.69 Å². The fourth-order valence-corrected chi connectivity index (χ4v) is 2.41. The summed E-state index contributed by atoms with van der Waals surface area (Å²) in [4.78, 5) is 16.2. The molecule has 0 aromatic rings. The second-order valence-electron chi connectivity index (χ2n) is 4.67. The first-order valence-electron chi connectivity index (χ1n) is 7.02. The van der Waals surface area contributed by atoms with Gasteiger partial charge in [0.25, 0.3) is 0 Å². The number of amides is 1. The summed E-state index contributed by atoms with van der Waals surface area (Å²) >= 11 is 0. The third-order valence-corrected chi connectivity index (χ3v) is 3.51. The molecule has 1 rings (SSSR count). The molecule has 1 heterocycles. The van der Waals surface area contributed by atoms with E-state index in [2.05, 4.69) is 11.8 Å². The maximum Gasteiger partial charge on any atom is 0.223 e. The van der Waals surface area contributed by atoms with Gasteiger partial charge in [0, 0.05) is 51.8 Å². The van der Waals surface area contributed by atoms with E-state index in [-0.39, 0.29) is 18.3 Å². The van der Waals surface area contributed by atoms with Crippen molar-refractivity contribution >= 4 is 18.3 Å². The average Bonchev–Trinajstić information content (AvgIpc) is 2.39. The maximum atomic E-state index is 11.8. The van der Waals surface area contributed by atoms with Gasteiger partial charge in [0.05, 0.1) is 6.61 Å². The Bertz CT molecular complexity index is 254. The van der Waals surface area contributed by atoms with Gasteiger partial charge in [0.1, 0.15) is 0 Å². The van der Waals surface area contributed by atoms with Crippen LogP contribution in [0.5, 0.6) is 0 Å². The lowest BCUT2D eigenvalue weighted by Gasteiger charge is -2.41. The van der Waals surface area contributed by atoms with E-state index in [0.717, 1.165) is 45.8 Å². The molecule has 114 valence electrons. The fraction of sp³-hybridized carbons (Fsp3) is 0.923. The van der Waals surface area contributed by atoms with Crippen LogP contribution in [-0.2, 0) is 9.53 Å². The minimum absolute atomic E-state index is 0. The average molecular weight is 294 g/mol. The lowest BCUT2D eigenvalue weighted by atomic mass is 10.1. The van der Waals surface area contributed by atoms with Crippen LogP contribution in [-0.4, -0.2) is 67.7 Å². The van der Waals surface area contributed by atoms with Crippen LogP contribution in [0.4, 0.5) is 0 Å². The topological polar surface area (TPSA) is 58.8 Å². The van der Waals surface area contributed by atoms with Gasteiger partial charge in [-0.1, -0.05) is 6.92 Å². The van der Waals surface area contributed by atoms with Crippen LogP contribution in [0.15, 0.2) is 0 Å². The zero-order chi connectivity index (χ0) is 13.4. The van der Waals surface area contributed by atoms with E-state index in [4.69, 9.17) is 10.5 Å². The Morgan fingerprint density at radius 1 is 1.37 bits per heavy atom. The number of hydrogen-bond acceptors (Lipinski definition) is 4. The summed E-state index contributed by atoms with van der Waals surface area (Å²) < 4.78 is 5.40. The van der Waals surface area contributed by atoms with Crippen LogP contribution in [0.1, 0.15) is 26.7 Å². The van der Waals surface area contributed by atoms with E-state index in [1.165, 1.54) is 0 Å². The van der Waals surface area contributed by atoms with Gasteiger partial charge in [-0.2, -0.15) is 0 Å². The molecule has 1 saturated heterocycles. The van der Waals surface area contributed by atoms with Crippen molar-refractivity contribution in [2.24, 2.45) is 5.73 Å². The van der Waals surface area contributed by atoms with Crippen molar-refractivity contribution in [2.75, 3.05) is 45.9 Å². The van der Waals surface area contributed by atoms with Crippen molar-refractivity contribution in [1.82, 2.24) is 9.80 Å². The highest BCUT2D eigenvalue weighted by Gasteiger charge is 2.27. The SMILES string of the molecule is CCOCCN1CCN(C(=O)CCN)CC1CC.Cl. The smallest absolute Gasteiger partial charge is 0.223 e. The van der Waals surface area contributed by atoms with E-state index in [0.29, 0.717) is 19.0 Å². The van der Waals surface area contributed by atoms with E-state index in [1.807, 2.05) is 11.8 Å². The maximum absolute atomic E-state index is 11.8. The summed E-state index contributed by atoms with van der Waals surface area (Å²) in [6.07, 6.45) is 1.54. The summed E-state index contributed by atoms with van der Waals surface area (Å²) in [6.45, 7) is 9.75. The molecule has 0 aromatic heterocycles. The van der Waals surface area contributed by atoms with Crippen LogP contribution >= 0.6 is 12.4 Å². The van der Waals surface area contributed by atoms with Crippen LogP contribution in [0.25, 0.3) is 0 Å². The molecule has 0 saturated carbocycles. The van der Waals surface area contributed by atoms with Crippen molar-refractivity contribution in [2.45, 2.75) is 32.7 Å². The number of hydrogen-bond donors (Lipinski definition) is 1. The van der Waals surface area contributed by atoms with Gasteiger partial charge in [0.15, 0.2) is 0 Å². The third kappa shape index (κ3) is 6.08. The Kier molecular flexibility index (Phi) is 10.2. The molecule has 19 heavy (non-hydrogen) atoms. The Labute approximate surface area is 122 Å². The summed E-state index contributed by atoms with van der Waals surface area (Å²) in [6, 6.07) is 0.459. The monoisotopic (exact) mass is 293 g/mol. The molecule has 0 spiro atoms. The second-order valence-corrected chi connectivity index (χ2v) is 4.67. The zero-order valence-corrected chi connectivity index (χ0v) is 13.0. The molecule has 0 aromatic carbocycles. The molecule has 0 aliphatic carbocycles. The number of nitrogens with zero attached hydrogens (tertiary/aromatic N) is 2. The van der Waals surface area contributed by atoms with Crippen molar-refractivity contribution in [1.29, 1.82) is 0 Å². The zero-order valence-electron chi connectivity index (χ0n) is 12.1.